The number of hydrogen-bond acceptors (Lipinski definition) is 7. The maximum absolute atomic E-state index is 11.2. The first-order chi connectivity index (χ1) is 10.4. The molecular weight excluding hydrogens is 290 g/mol. The van der Waals surface area contributed by atoms with Crippen molar-refractivity contribution in [1.29, 1.82) is 0 Å². The Hall–Kier alpha value is -2.62. The third-order valence-corrected chi connectivity index (χ3v) is 2.11. The topological polar surface area (TPSA) is 91.3 Å². The van der Waals surface area contributed by atoms with E-state index in [2.05, 4.69) is 10.9 Å². The van der Waals surface area contributed by atoms with Gasteiger partial charge in [0.1, 0.15) is 6.61 Å². The summed E-state index contributed by atoms with van der Waals surface area (Å²) in [4.78, 5) is 37.0. The largest absolute Gasteiger partial charge is 0.462 e. The third kappa shape index (κ3) is 10.2. The molecule has 22 heavy (non-hydrogen) atoms. The van der Waals surface area contributed by atoms with Crippen LogP contribution in [0.4, 0.5) is 0 Å². The second-order valence-electron chi connectivity index (χ2n) is 4.10. The highest BCUT2D eigenvalue weighted by Crippen LogP contribution is 2.09. The molecule has 0 fully saturated rings. The van der Waals surface area contributed by atoms with Crippen LogP contribution in [0.15, 0.2) is 17.1 Å². The van der Waals surface area contributed by atoms with Gasteiger partial charge in [0.25, 0.3) is 0 Å². The Labute approximate surface area is 129 Å². The second kappa shape index (κ2) is 11.1. The summed E-state index contributed by atoms with van der Waals surface area (Å²) in [5.41, 5.74) is 0. The molecule has 7 heteroatoms. The number of carbonyl (C=O) groups excluding carboxylic acids is 3. The van der Waals surface area contributed by atoms with E-state index in [0.717, 1.165) is 0 Å². The molecule has 0 bridgehead atoms. The molecule has 0 aliphatic rings. The molecule has 0 aromatic carbocycles. The number of nitrogens with zero attached hydrogens (tertiary/aromatic N) is 1. The Morgan fingerprint density at radius 2 is 1.77 bits per heavy atom. The van der Waals surface area contributed by atoms with Gasteiger partial charge in [0, 0.05) is 27.0 Å². The molecule has 0 amide bonds. The van der Waals surface area contributed by atoms with Crippen LogP contribution < -0.4 is 0 Å². The minimum Gasteiger partial charge on any atom is -0.462 e. The summed E-state index contributed by atoms with van der Waals surface area (Å²) in [6.07, 6.45) is 7.55. The molecule has 0 aromatic rings. The van der Waals surface area contributed by atoms with Gasteiger partial charge in [0.15, 0.2) is 12.2 Å². The Morgan fingerprint density at radius 3 is 2.27 bits per heavy atom. The first-order valence-electron chi connectivity index (χ1n) is 6.44. The number of carbonyl (C=O) groups is 3. The zero-order valence-electron chi connectivity index (χ0n) is 12.8. The van der Waals surface area contributed by atoms with Crippen LogP contribution >= 0.6 is 0 Å². The van der Waals surface area contributed by atoms with Gasteiger partial charge in [-0.05, 0) is 12.2 Å². The molecule has 0 aromatic heterocycles. The molecule has 0 unspecified atom stereocenters. The van der Waals surface area contributed by atoms with Crippen LogP contribution in [-0.4, -0.2) is 49.5 Å². The molecule has 0 aliphatic carbocycles. The zero-order valence-corrected chi connectivity index (χ0v) is 12.8. The Morgan fingerprint density at radius 1 is 1.14 bits per heavy atom. The van der Waals surface area contributed by atoms with E-state index in [9.17, 15) is 14.4 Å². The van der Waals surface area contributed by atoms with Gasteiger partial charge in [-0.25, -0.2) is 0 Å². The lowest BCUT2D eigenvalue weighted by molar-refractivity contribution is -0.169. The van der Waals surface area contributed by atoms with E-state index in [1.54, 1.807) is 0 Å². The molecule has 0 N–H and O–H groups in total. The highest BCUT2D eigenvalue weighted by atomic mass is 16.6. The average Bonchev–Trinajstić information content (AvgIpc) is 2.41. The molecule has 120 valence electrons. The minimum atomic E-state index is -0.956. The lowest BCUT2D eigenvalue weighted by Crippen LogP contribution is -2.37. The summed E-state index contributed by atoms with van der Waals surface area (Å²) >= 11 is 0. The van der Waals surface area contributed by atoms with Gasteiger partial charge >= 0.3 is 17.9 Å². The molecule has 0 saturated carbocycles. The van der Waals surface area contributed by atoms with Crippen molar-refractivity contribution in [2.45, 2.75) is 33.0 Å². The molecule has 0 aliphatic heterocycles. The van der Waals surface area contributed by atoms with Crippen LogP contribution in [0, 0.1) is 12.3 Å². The van der Waals surface area contributed by atoms with Gasteiger partial charge in [-0.2, -0.15) is 0 Å². The molecule has 2 atom stereocenters. The number of ether oxygens (including phenoxy) is 3. The zero-order chi connectivity index (χ0) is 17.0. The lowest BCUT2D eigenvalue weighted by Gasteiger charge is -2.23. The number of esters is 3. The monoisotopic (exact) mass is 309 g/mol. The van der Waals surface area contributed by atoms with Gasteiger partial charge in [0.2, 0.25) is 0 Å². The molecule has 0 saturated heterocycles. The Bertz CT molecular complexity index is 489. The van der Waals surface area contributed by atoms with Crippen LogP contribution in [-0.2, 0) is 28.6 Å². The Kier molecular flexibility index (Phi) is 9.76. The highest BCUT2D eigenvalue weighted by Gasteiger charge is 2.26. The number of rotatable bonds is 8. The van der Waals surface area contributed by atoms with Gasteiger partial charge in [-0.15, -0.1) is 6.42 Å². The van der Waals surface area contributed by atoms with Gasteiger partial charge in [-0.3, -0.25) is 19.4 Å². The van der Waals surface area contributed by atoms with E-state index in [0.29, 0.717) is 0 Å². The number of hydrogen-bond donors (Lipinski definition) is 0. The smallest absolute Gasteiger partial charge is 0.303 e. The fraction of sp³-hybridized carbons (Fsp3) is 0.467. The molecule has 0 heterocycles. The van der Waals surface area contributed by atoms with Gasteiger partial charge < -0.3 is 14.2 Å². The maximum Gasteiger partial charge on any atom is 0.303 e. The molecular formula is C15H19NO6. The molecule has 0 radical (unpaired) electrons. The predicted octanol–water partition coefficient (Wildman–Crippen LogP) is 0.673. The fourth-order valence-corrected chi connectivity index (χ4v) is 1.36. The predicted molar refractivity (Wildman–Crippen MR) is 79.1 cm³/mol. The van der Waals surface area contributed by atoms with Crippen LogP contribution in [0.2, 0.25) is 0 Å². The normalized spacial score (nSPS) is 13.4. The summed E-state index contributed by atoms with van der Waals surface area (Å²) in [5, 5.41) is 0. The van der Waals surface area contributed by atoms with E-state index in [4.69, 9.17) is 20.6 Å². The van der Waals surface area contributed by atoms with Crippen molar-refractivity contribution in [2.24, 2.45) is 4.99 Å². The van der Waals surface area contributed by atoms with E-state index >= 15 is 0 Å². The maximum atomic E-state index is 11.2. The van der Waals surface area contributed by atoms with Crippen molar-refractivity contribution in [3.63, 3.8) is 0 Å². The van der Waals surface area contributed by atoms with E-state index in [1.165, 1.54) is 39.1 Å². The summed E-state index contributed by atoms with van der Waals surface area (Å²) in [6, 6.07) is 0. The van der Waals surface area contributed by atoms with Crippen LogP contribution in [0.1, 0.15) is 20.8 Å². The summed E-state index contributed by atoms with van der Waals surface area (Å²) in [5.74, 6) is 0.615. The summed E-state index contributed by atoms with van der Waals surface area (Å²) in [7, 11) is 0. The van der Waals surface area contributed by atoms with E-state index < -0.39 is 30.1 Å². The van der Waals surface area contributed by atoms with Crippen molar-refractivity contribution in [1.82, 2.24) is 0 Å². The minimum absolute atomic E-state index is 0.212. The first-order valence-corrected chi connectivity index (χ1v) is 6.44. The fourth-order valence-electron chi connectivity index (χ4n) is 1.36. The molecule has 7 nitrogen and oxygen atoms in total. The van der Waals surface area contributed by atoms with Crippen molar-refractivity contribution in [3.8, 4) is 12.3 Å². The summed E-state index contributed by atoms with van der Waals surface area (Å²) in [6.45, 7) is 3.60. The van der Waals surface area contributed by atoms with Crippen molar-refractivity contribution < 1.29 is 28.6 Å². The van der Waals surface area contributed by atoms with Crippen LogP contribution in [0.5, 0.6) is 0 Å². The first kappa shape index (κ1) is 19.4. The van der Waals surface area contributed by atoms with Crippen LogP contribution in [0.25, 0.3) is 0 Å². The Balaban J connectivity index is 5.01. The SMILES string of the molecule is C#CCN=C/C=C/[C@@H](OC(C)=O)[C@H](COC(C)=O)OC(C)=O. The summed E-state index contributed by atoms with van der Waals surface area (Å²) < 4.78 is 14.9. The van der Waals surface area contributed by atoms with Crippen molar-refractivity contribution in [2.75, 3.05) is 13.2 Å². The quantitative estimate of drug-likeness (QED) is 0.283. The highest BCUT2D eigenvalue weighted by molar-refractivity contribution is 5.72. The second-order valence-corrected chi connectivity index (χ2v) is 4.10. The van der Waals surface area contributed by atoms with Crippen molar-refractivity contribution in [3.05, 3.63) is 12.2 Å². The van der Waals surface area contributed by atoms with E-state index in [1.807, 2.05) is 0 Å². The van der Waals surface area contributed by atoms with Gasteiger partial charge in [0.05, 0.1) is 6.54 Å². The van der Waals surface area contributed by atoms with Gasteiger partial charge in [-0.1, -0.05) is 5.92 Å². The van der Waals surface area contributed by atoms with E-state index in [-0.39, 0.29) is 13.2 Å². The van der Waals surface area contributed by atoms with Crippen LogP contribution in [0.3, 0.4) is 0 Å². The number of terminal acetylenes is 1. The number of allylic oxidation sites excluding steroid dienone is 1. The average molecular weight is 309 g/mol. The molecule has 0 rings (SSSR count). The molecule has 0 spiro atoms. The third-order valence-electron chi connectivity index (χ3n) is 2.11. The number of aliphatic imine (C=N–C) groups is 1. The standard InChI is InChI=1S/C15H19NO6/c1-5-8-16-9-6-7-14(21-12(3)18)15(22-13(4)19)10-20-11(2)17/h1,6-7,9,14-15H,8,10H2,2-4H3/b7-6+,16-9?/t14-,15+/m1/s1. The van der Waals surface area contributed by atoms with Crippen molar-refractivity contribution >= 4 is 24.1 Å². The lowest BCUT2D eigenvalue weighted by atomic mass is 10.2.